The predicted molar refractivity (Wildman–Crippen MR) is 112 cm³/mol. The zero-order chi connectivity index (χ0) is 24.7. The number of piperidine rings is 1. The minimum Gasteiger partial charge on any atom is -0.490 e. The van der Waals surface area contributed by atoms with Crippen molar-refractivity contribution in [3.05, 3.63) is 65.0 Å². The van der Waals surface area contributed by atoms with E-state index in [1.165, 1.54) is 36.9 Å². The highest BCUT2D eigenvalue weighted by molar-refractivity contribution is 5.94. The Bertz CT molecular complexity index is 1070. The van der Waals surface area contributed by atoms with Crippen LogP contribution in [0.5, 0.6) is 5.75 Å². The van der Waals surface area contributed by atoms with Gasteiger partial charge in [-0.15, -0.1) is 0 Å². The molecule has 2 atom stereocenters. The summed E-state index contributed by atoms with van der Waals surface area (Å²) < 4.78 is 85.0. The number of amides is 1. The van der Waals surface area contributed by atoms with Gasteiger partial charge < -0.3 is 19.1 Å². The lowest BCUT2D eigenvalue weighted by atomic mass is 9.82. The number of halogens is 5. The first-order chi connectivity index (χ1) is 15.9. The van der Waals surface area contributed by atoms with Crippen LogP contribution in [0.25, 0.3) is 0 Å². The van der Waals surface area contributed by atoms with Crippen molar-refractivity contribution >= 4 is 5.91 Å². The van der Waals surface area contributed by atoms with E-state index in [9.17, 15) is 26.7 Å². The molecule has 2 fully saturated rings. The molecule has 0 aromatic heterocycles. The van der Waals surface area contributed by atoms with E-state index in [0.29, 0.717) is 11.6 Å². The minimum absolute atomic E-state index is 0.0433. The second-order valence-corrected chi connectivity index (χ2v) is 9.03. The summed E-state index contributed by atoms with van der Waals surface area (Å²) in [4.78, 5) is 14.5. The fourth-order valence-electron chi connectivity index (χ4n) is 4.27. The van der Waals surface area contributed by atoms with E-state index in [1.807, 2.05) is 0 Å². The molecule has 0 spiro atoms. The fraction of sp³-hybridized carbons (Fsp3) is 0.458. The lowest BCUT2D eigenvalue weighted by Gasteiger charge is -2.42. The van der Waals surface area contributed by atoms with Crippen molar-refractivity contribution in [3.63, 3.8) is 0 Å². The molecule has 0 saturated carbocycles. The van der Waals surface area contributed by atoms with Crippen molar-refractivity contribution in [1.29, 1.82) is 0 Å². The smallest absolute Gasteiger partial charge is 0.419 e. The number of rotatable bonds is 5. The largest absolute Gasteiger partial charge is 0.490 e. The highest BCUT2D eigenvalue weighted by Crippen LogP contribution is 2.43. The maximum atomic E-state index is 13.8. The Balaban J connectivity index is 1.56. The van der Waals surface area contributed by atoms with Crippen LogP contribution in [0.15, 0.2) is 42.5 Å². The molecule has 1 amide bonds. The van der Waals surface area contributed by atoms with Crippen LogP contribution in [0.2, 0.25) is 0 Å². The molecule has 2 aromatic rings. The molecule has 10 heteroatoms. The summed E-state index contributed by atoms with van der Waals surface area (Å²) in [6.07, 6.45) is -5.13. The van der Waals surface area contributed by atoms with Crippen molar-refractivity contribution in [2.45, 2.75) is 43.8 Å². The van der Waals surface area contributed by atoms with Crippen LogP contribution in [0.4, 0.5) is 22.0 Å². The average Bonchev–Trinajstić information content (AvgIpc) is 3.20. The molecule has 0 radical (unpaired) electrons. The van der Waals surface area contributed by atoms with Gasteiger partial charge in [-0.25, -0.2) is 8.78 Å². The van der Waals surface area contributed by atoms with Gasteiger partial charge in [0, 0.05) is 18.5 Å². The molecule has 2 saturated heterocycles. The second kappa shape index (κ2) is 8.81. The zero-order valence-corrected chi connectivity index (χ0v) is 18.6. The number of benzene rings is 2. The van der Waals surface area contributed by atoms with Crippen molar-refractivity contribution in [3.8, 4) is 5.75 Å². The molecule has 4 rings (SSSR count). The number of hydrogen-bond donors (Lipinski definition) is 0. The number of likely N-dealkylation sites (tertiary alicyclic amines) is 1. The third kappa shape index (κ3) is 4.88. The van der Waals surface area contributed by atoms with Gasteiger partial charge in [0.1, 0.15) is 42.3 Å². The van der Waals surface area contributed by atoms with Crippen LogP contribution in [0.1, 0.15) is 41.8 Å². The molecule has 2 aromatic carbocycles. The first-order valence-corrected chi connectivity index (χ1v) is 10.7. The highest BCUT2D eigenvalue weighted by atomic mass is 19.4. The number of nitrogens with zero attached hydrogens (tertiary/aromatic N) is 1. The molecule has 184 valence electrons. The minimum atomic E-state index is -4.80. The Kier molecular flexibility index (Phi) is 6.32. The first kappa shape index (κ1) is 24.4. The van der Waals surface area contributed by atoms with E-state index in [0.717, 1.165) is 6.07 Å². The van der Waals surface area contributed by atoms with E-state index >= 15 is 0 Å². The molecule has 0 aliphatic carbocycles. The summed E-state index contributed by atoms with van der Waals surface area (Å²) >= 11 is 0. The van der Waals surface area contributed by atoms with Gasteiger partial charge in [-0.05, 0) is 49.7 Å². The Morgan fingerprint density at radius 1 is 1.18 bits per heavy atom. The van der Waals surface area contributed by atoms with Crippen molar-refractivity contribution < 1.29 is 41.0 Å². The molecule has 2 aliphatic heterocycles. The number of carbonyl (C=O) groups excluding carboxylic acids is 1. The summed E-state index contributed by atoms with van der Waals surface area (Å²) in [6, 6.07) is 8.90. The van der Waals surface area contributed by atoms with E-state index in [1.54, 1.807) is 12.1 Å². The van der Waals surface area contributed by atoms with Gasteiger partial charge in [-0.1, -0.05) is 12.1 Å². The number of hydrogen-bond acceptors (Lipinski definition) is 4. The van der Waals surface area contributed by atoms with Crippen molar-refractivity contribution in [2.75, 3.05) is 26.5 Å². The van der Waals surface area contributed by atoms with E-state index in [-0.39, 0.29) is 31.9 Å². The van der Waals surface area contributed by atoms with Gasteiger partial charge in [-0.3, -0.25) is 4.79 Å². The third-order valence-corrected chi connectivity index (χ3v) is 5.95. The highest BCUT2D eigenvalue weighted by Gasteiger charge is 2.51. The monoisotopic (exact) mass is 485 g/mol. The van der Waals surface area contributed by atoms with Crippen molar-refractivity contribution in [2.24, 2.45) is 0 Å². The number of ether oxygens (including phenoxy) is 3. The normalized spacial score (nSPS) is 23.0. The van der Waals surface area contributed by atoms with Crippen molar-refractivity contribution in [1.82, 2.24) is 4.90 Å². The topological polar surface area (TPSA) is 48.0 Å². The SMILES string of the molecule is CC(C)(F)COc1ccc(C(=O)N2CC[C@@]3(c4cccc(F)c4)OCO[C@H]3C2)cc1C(F)(F)F. The summed E-state index contributed by atoms with van der Waals surface area (Å²) in [6.45, 7) is 1.99. The van der Waals surface area contributed by atoms with E-state index < -0.39 is 53.2 Å². The summed E-state index contributed by atoms with van der Waals surface area (Å²) in [5.41, 5.74) is -3.53. The molecule has 0 bridgehead atoms. The molecule has 2 aliphatic rings. The average molecular weight is 485 g/mol. The van der Waals surface area contributed by atoms with Gasteiger partial charge in [0.15, 0.2) is 0 Å². The Labute approximate surface area is 193 Å². The number of carbonyl (C=O) groups is 1. The van der Waals surface area contributed by atoms with Crippen LogP contribution in [0, 0.1) is 5.82 Å². The quantitative estimate of drug-likeness (QED) is 0.554. The zero-order valence-electron chi connectivity index (χ0n) is 18.6. The number of alkyl halides is 4. The van der Waals surface area contributed by atoms with Gasteiger partial charge in [0.05, 0.1) is 12.1 Å². The van der Waals surface area contributed by atoms with Crippen LogP contribution >= 0.6 is 0 Å². The number of fused-ring (bicyclic) bond motifs is 1. The predicted octanol–water partition coefficient (Wildman–Crippen LogP) is 5.09. The van der Waals surface area contributed by atoms with Crippen LogP contribution in [-0.4, -0.2) is 49.1 Å². The van der Waals surface area contributed by atoms with Crippen LogP contribution in [0.3, 0.4) is 0 Å². The first-order valence-electron chi connectivity index (χ1n) is 10.7. The maximum absolute atomic E-state index is 13.8. The molecule has 0 N–H and O–H groups in total. The Morgan fingerprint density at radius 2 is 1.94 bits per heavy atom. The molecular formula is C24H24F5NO4. The van der Waals surface area contributed by atoms with Gasteiger partial charge in [0.2, 0.25) is 0 Å². The molecule has 2 heterocycles. The lowest BCUT2D eigenvalue weighted by Crippen LogP contribution is -2.53. The lowest BCUT2D eigenvalue weighted by molar-refractivity contribution is -0.139. The molecule has 34 heavy (non-hydrogen) atoms. The maximum Gasteiger partial charge on any atom is 0.419 e. The third-order valence-electron chi connectivity index (χ3n) is 5.95. The standard InChI is InChI=1S/C24H24F5NO4/c1-22(2,26)13-32-19-7-6-15(10-18(19)24(27,28)29)21(31)30-9-8-23(20(12-30)33-14-34-23)16-4-3-5-17(25)11-16/h3-7,10-11,20H,8-9,12-14H2,1-2H3/t20-,23-/m0/s1. The summed E-state index contributed by atoms with van der Waals surface area (Å²) in [5.74, 6) is -1.60. The molecule has 0 unspecified atom stereocenters. The molecule has 5 nitrogen and oxygen atoms in total. The fourth-order valence-corrected chi connectivity index (χ4v) is 4.27. The Hall–Kier alpha value is -2.72. The van der Waals surface area contributed by atoms with E-state index in [2.05, 4.69) is 0 Å². The second-order valence-electron chi connectivity index (χ2n) is 9.03. The van der Waals surface area contributed by atoms with E-state index in [4.69, 9.17) is 14.2 Å². The van der Waals surface area contributed by atoms with Crippen LogP contribution in [-0.2, 0) is 21.3 Å². The molecular weight excluding hydrogens is 461 g/mol. The Morgan fingerprint density at radius 3 is 2.62 bits per heavy atom. The summed E-state index contributed by atoms with van der Waals surface area (Å²) in [5, 5.41) is 0. The summed E-state index contributed by atoms with van der Waals surface area (Å²) in [7, 11) is 0. The van der Waals surface area contributed by atoms with Gasteiger partial charge in [-0.2, -0.15) is 13.2 Å². The van der Waals surface area contributed by atoms with Gasteiger partial charge >= 0.3 is 6.18 Å². The van der Waals surface area contributed by atoms with Crippen LogP contribution < -0.4 is 4.74 Å². The van der Waals surface area contributed by atoms with Gasteiger partial charge in [0.25, 0.3) is 5.91 Å².